The summed E-state index contributed by atoms with van der Waals surface area (Å²) in [7, 11) is 5.08. The number of hydrazone groups is 3. The molecule has 12 nitrogen and oxygen atoms in total. The van der Waals surface area contributed by atoms with Crippen molar-refractivity contribution in [3.63, 3.8) is 0 Å². The van der Waals surface area contributed by atoms with Crippen LogP contribution in [0.25, 0.3) is 0 Å². The summed E-state index contributed by atoms with van der Waals surface area (Å²) < 4.78 is 4.66. The fourth-order valence-corrected chi connectivity index (χ4v) is 7.51. The molecule has 0 spiro atoms. The van der Waals surface area contributed by atoms with Crippen molar-refractivity contribution in [2.75, 3.05) is 75.1 Å². The topological polar surface area (TPSA) is 126 Å². The van der Waals surface area contributed by atoms with Crippen molar-refractivity contribution < 1.29 is 32.1 Å². The number of hydrogen-bond donors (Lipinski definition) is 0. The van der Waals surface area contributed by atoms with Gasteiger partial charge in [-0.25, -0.2) is 14.3 Å². The summed E-state index contributed by atoms with van der Waals surface area (Å²) in [6, 6.07) is 15.8. The Morgan fingerprint density at radius 2 is 0.745 bits per heavy atom. The Hall–Kier alpha value is -3.97. The maximum Gasteiger partial charge on any atom is 3.00 e. The zero-order valence-corrected chi connectivity index (χ0v) is 33.9. The van der Waals surface area contributed by atoms with E-state index in [0.717, 1.165) is 56.3 Å². The van der Waals surface area contributed by atoms with Gasteiger partial charge in [-0.1, -0.05) is 35.4 Å². The largest absolute Gasteiger partial charge is 3.00 e. The molecule has 0 heterocycles. The fraction of sp³-hybridized carbons (Fsp3) is 0.417. The number of anilines is 3. The summed E-state index contributed by atoms with van der Waals surface area (Å²) in [5.74, 6) is -0.486. The van der Waals surface area contributed by atoms with Crippen LogP contribution in [0.1, 0.15) is 58.2 Å². The average Bonchev–Trinajstić information content (AvgIpc) is 3.11. The van der Waals surface area contributed by atoms with Crippen LogP contribution in [-0.2, 0) is 28.6 Å². The minimum atomic E-state index is -3.14. The number of rotatable bonds is 18. The Labute approximate surface area is 319 Å². The summed E-state index contributed by atoms with van der Waals surface area (Å²) in [6.45, 7) is 13.8. The second kappa shape index (κ2) is 20.2. The van der Waals surface area contributed by atoms with Gasteiger partial charge in [0.15, 0.2) is 0 Å². The molecule has 3 rings (SSSR count). The van der Waals surface area contributed by atoms with Gasteiger partial charge in [-0.3, -0.25) is 0 Å². The Kier molecular flexibility index (Phi) is 17.1. The molecule has 0 radical (unpaired) electrons. The predicted octanol–water partition coefficient (Wildman–Crippen LogP) is 4.87. The molecule has 0 aromatic heterocycles. The fourth-order valence-electron chi connectivity index (χ4n) is 5.45. The Bertz CT molecular complexity index is 1500. The first-order valence-corrected chi connectivity index (χ1v) is 19.7. The molecule has 0 saturated heterocycles. The number of hydrogen-bond acceptors (Lipinski definition) is 10. The van der Waals surface area contributed by atoms with E-state index in [1.54, 1.807) is 71.9 Å². The standard InChI is InChI=1S/C36H54N9O3PS.Co/c1-10-43(11-2)31-19-16-28(34(46)22-31)25-37-40(7)49(50,41(8)38-26-29-17-20-32(23-35(29)47)44(12-3)13-4)42(9)39-27-30-18-21-33(24-36(30)48)45(14-5)15-6;/h16-27,46-48H,10-15H2,1-9H3;/q;+3/p-3/b37-25+,38-26+,39-27+;. The summed E-state index contributed by atoms with van der Waals surface area (Å²) in [6.07, 6.45) is 4.44. The van der Waals surface area contributed by atoms with Crippen molar-refractivity contribution in [1.82, 2.24) is 14.3 Å². The van der Waals surface area contributed by atoms with Crippen LogP contribution < -0.4 is 30.0 Å². The third kappa shape index (κ3) is 10.5. The maximum absolute atomic E-state index is 13.0. The van der Waals surface area contributed by atoms with Crippen LogP contribution in [0.3, 0.4) is 0 Å². The first kappa shape index (κ1) is 43.2. The molecule has 0 unspecified atom stereocenters. The van der Waals surface area contributed by atoms with Gasteiger partial charge in [0.2, 0.25) is 0 Å². The van der Waals surface area contributed by atoms with Gasteiger partial charge in [0.05, 0.1) is 18.6 Å². The molecule has 51 heavy (non-hydrogen) atoms. The van der Waals surface area contributed by atoms with Crippen molar-refractivity contribution in [3.8, 4) is 17.2 Å². The second-order valence-electron chi connectivity index (χ2n) is 11.4. The van der Waals surface area contributed by atoms with E-state index in [1.165, 1.54) is 18.6 Å². The molecule has 0 fully saturated rings. The molecular formula is C36H51CoN9O3PS. The monoisotopic (exact) mass is 779 g/mol. The van der Waals surface area contributed by atoms with E-state index < -0.39 is 6.49 Å². The molecule has 3 aromatic carbocycles. The molecule has 0 aliphatic rings. The Balaban J connectivity index is 0.00000901. The van der Waals surface area contributed by atoms with E-state index >= 15 is 0 Å². The molecular weight excluding hydrogens is 728 g/mol. The van der Waals surface area contributed by atoms with Crippen LogP contribution >= 0.6 is 6.49 Å². The molecule has 0 N–H and O–H groups in total. The van der Waals surface area contributed by atoms with E-state index in [-0.39, 0.29) is 34.0 Å². The molecule has 0 bridgehead atoms. The summed E-state index contributed by atoms with van der Waals surface area (Å²) >= 11 is 6.27. The van der Waals surface area contributed by atoms with Crippen LogP contribution in [0.15, 0.2) is 69.9 Å². The molecule has 15 heteroatoms. The Morgan fingerprint density at radius 1 is 0.510 bits per heavy atom. The minimum absolute atomic E-state index is 0. The van der Waals surface area contributed by atoms with Crippen molar-refractivity contribution in [2.45, 2.75) is 41.5 Å². The van der Waals surface area contributed by atoms with Crippen LogP contribution in [0.2, 0.25) is 0 Å². The first-order valence-electron chi connectivity index (χ1n) is 17.0. The molecule has 278 valence electrons. The second-order valence-corrected chi connectivity index (χ2v) is 15.6. The summed E-state index contributed by atoms with van der Waals surface area (Å²) in [5.41, 5.74) is 3.76. The normalized spacial score (nSPS) is 11.6. The molecule has 0 aliphatic heterocycles. The van der Waals surface area contributed by atoms with Gasteiger partial charge in [0, 0.05) is 77.5 Å². The molecule has 0 atom stereocenters. The third-order valence-corrected chi connectivity index (χ3v) is 13.3. The van der Waals surface area contributed by atoms with Gasteiger partial charge in [0.25, 0.3) is 6.49 Å². The minimum Gasteiger partial charge on any atom is -0.872 e. The van der Waals surface area contributed by atoms with E-state index in [4.69, 9.17) is 11.8 Å². The number of nitrogens with zero attached hydrogens (tertiary/aromatic N) is 9. The van der Waals surface area contributed by atoms with Crippen LogP contribution in [0.5, 0.6) is 17.2 Å². The quantitative estimate of drug-likeness (QED) is 0.100. The molecule has 3 aromatic rings. The molecule has 0 amide bonds. The zero-order chi connectivity index (χ0) is 37.0. The predicted molar refractivity (Wildman–Crippen MR) is 209 cm³/mol. The van der Waals surface area contributed by atoms with Gasteiger partial charge < -0.3 is 30.0 Å². The van der Waals surface area contributed by atoms with E-state index in [1.807, 2.05) is 59.7 Å². The zero-order valence-electron chi connectivity index (χ0n) is 31.1. The van der Waals surface area contributed by atoms with Crippen molar-refractivity contribution in [1.29, 1.82) is 0 Å². The maximum atomic E-state index is 13.0. The number of benzene rings is 3. The van der Waals surface area contributed by atoms with Crippen LogP contribution in [0, 0.1) is 0 Å². The smallest absolute Gasteiger partial charge is 0.872 e. The van der Waals surface area contributed by atoms with Crippen LogP contribution in [0.4, 0.5) is 17.1 Å². The average molecular weight is 780 g/mol. The molecule has 0 saturated carbocycles. The van der Waals surface area contributed by atoms with Crippen LogP contribution in [-0.4, -0.2) is 93.4 Å². The SMILES string of the molecule is CCN(CC)c1ccc(/C=N/N(C)P(=S)(N(C)/N=C/c2ccc(N(CC)CC)cc2[O-])N(C)/N=C/c2ccc(N(CC)CC)cc2[O-])c([O-])c1.[Co+3]. The van der Waals surface area contributed by atoms with E-state index in [9.17, 15) is 15.3 Å². The van der Waals surface area contributed by atoms with Crippen molar-refractivity contribution in [3.05, 3.63) is 71.3 Å². The summed E-state index contributed by atoms with van der Waals surface area (Å²) in [5, 5.41) is 52.8. The first-order chi connectivity index (χ1) is 23.9. The van der Waals surface area contributed by atoms with Gasteiger partial charge in [-0.05, 0) is 106 Å². The van der Waals surface area contributed by atoms with Crippen molar-refractivity contribution in [2.24, 2.45) is 15.3 Å². The van der Waals surface area contributed by atoms with Gasteiger partial charge in [0.1, 0.15) is 0 Å². The third-order valence-electron chi connectivity index (χ3n) is 8.60. The van der Waals surface area contributed by atoms with Crippen molar-refractivity contribution >= 4 is 54.0 Å². The summed E-state index contributed by atoms with van der Waals surface area (Å²) in [4.78, 5) is 6.30. The Morgan fingerprint density at radius 3 is 0.941 bits per heavy atom. The van der Waals surface area contributed by atoms with E-state index in [0.29, 0.717) is 16.7 Å². The van der Waals surface area contributed by atoms with Gasteiger partial charge in [-0.15, -0.1) is 0 Å². The molecule has 0 aliphatic carbocycles. The van der Waals surface area contributed by atoms with Gasteiger partial charge in [-0.2, -0.15) is 15.3 Å². The van der Waals surface area contributed by atoms with E-state index in [2.05, 4.69) is 30.0 Å². The van der Waals surface area contributed by atoms with Gasteiger partial charge >= 0.3 is 16.8 Å².